The van der Waals surface area contributed by atoms with Crippen molar-refractivity contribution in [3.05, 3.63) is 59.7 Å². The number of benzene rings is 2. The summed E-state index contributed by atoms with van der Waals surface area (Å²) in [5, 5.41) is 2.69. The molecule has 162 valence electrons. The van der Waals surface area contributed by atoms with E-state index in [0.717, 1.165) is 53.8 Å². The topological polar surface area (TPSA) is 45.7 Å². The van der Waals surface area contributed by atoms with Crippen LogP contribution in [0.15, 0.2) is 53.9 Å². The zero-order valence-corrected chi connectivity index (χ0v) is 18.6. The molecule has 1 aliphatic rings. The van der Waals surface area contributed by atoms with Crippen LogP contribution < -0.4 is 9.64 Å². The molecule has 1 saturated heterocycles. The minimum absolute atomic E-state index is 0.134. The van der Waals surface area contributed by atoms with E-state index in [1.165, 1.54) is 23.5 Å². The Kier molecular flexibility index (Phi) is 6.51. The fraction of sp³-hybridized carbons (Fsp3) is 0.333. The predicted molar refractivity (Wildman–Crippen MR) is 123 cm³/mol. The van der Waals surface area contributed by atoms with Crippen LogP contribution in [-0.4, -0.2) is 42.0 Å². The third kappa shape index (κ3) is 4.56. The fourth-order valence-corrected chi connectivity index (χ4v) is 4.81. The Bertz CT molecular complexity index is 1010. The third-order valence-corrected chi connectivity index (χ3v) is 6.43. The summed E-state index contributed by atoms with van der Waals surface area (Å²) in [5.41, 5.74) is 2.50. The number of ether oxygens (including phenoxy) is 1. The highest BCUT2D eigenvalue weighted by molar-refractivity contribution is 7.14. The molecule has 0 N–H and O–H groups in total. The Labute approximate surface area is 186 Å². The van der Waals surface area contributed by atoms with E-state index in [-0.39, 0.29) is 17.8 Å². The van der Waals surface area contributed by atoms with Crippen molar-refractivity contribution in [3.8, 4) is 17.0 Å². The molecule has 1 fully saturated rings. The Balaban J connectivity index is 1.72. The molecular weight excluding hydrogens is 413 g/mol. The van der Waals surface area contributed by atoms with E-state index in [2.05, 4.69) is 0 Å². The van der Waals surface area contributed by atoms with Crippen LogP contribution in [0.4, 0.5) is 15.2 Å². The molecule has 1 aromatic heterocycles. The van der Waals surface area contributed by atoms with Crippen LogP contribution in [0.3, 0.4) is 0 Å². The number of methoxy groups -OCH3 is 1. The maximum atomic E-state index is 13.4. The van der Waals surface area contributed by atoms with E-state index >= 15 is 0 Å². The predicted octanol–water partition coefficient (Wildman–Crippen LogP) is 5.50. The Hall–Kier alpha value is -2.93. The van der Waals surface area contributed by atoms with E-state index in [0.29, 0.717) is 6.42 Å². The smallest absolute Gasteiger partial charge is 0.245 e. The third-order valence-electron chi connectivity index (χ3n) is 5.59. The summed E-state index contributed by atoms with van der Waals surface area (Å²) in [5.74, 6) is 0.615. The molecular formula is C24H26FN3O2S. The van der Waals surface area contributed by atoms with E-state index in [1.54, 1.807) is 19.2 Å². The molecule has 0 bridgehead atoms. The Morgan fingerprint density at radius 1 is 1.16 bits per heavy atom. The van der Waals surface area contributed by atoms with E-state index in [4.69, 9.17) is 9.72 Å². The molecule has 4 rings (SSSR count). The number of halogens is 1. The fourth-order valence-electron chi connectivity index (χ4n) is 3.91. The summed E-state index contributed by atoms with van der Waals surface area (Å²) in [6, 6.07) is 13.7. The summed E-state index contributed by atoms with van der Waals surface area (Å²) >= 11 is 1.48. The molecule has 0 saturated carbocycles. The number of anilines is 2. The van der Waals surface area contributed by atoms with Gasteiger partial charge in [-0.1, -0.05) is 6.92 Å². The van der Waals surface area contributed by atoms with Crippen LogP contribution >= 0.6 is 11.3 Å². The molecule has 1 aliphatic heterocycles. The van der Waals surface area contributed by atoms with Crippen LogP contribution in [0.1, 0.15) is 26.2 Å². The van der Waals surface area contributed by atoms with Crippen molar-refractivity contribution in [1.29, 1.82) is 0 Å². The SMILES string of the molecule is CC[C@@H](C(=O)N1CCCC1)N(c1ccc(OC)cc1)c1nc(-c2ccc(F)cc2)cs1. The highest BCUT2D eigenvalue weighted by Gasteiger charge is 2.32. The number of aromatic nitrogens is 1. The van der Waals surface area contributed by atoms with Gasteiger partial charge in [-0.25, -0.2) is 9.37 Å². The molecule has 3 aromatic rings. The lowest BCUT2D eigenvalue weighted by Gasteiger charge is -2.32. The minimum atomic E-state index is -0.348. The first-order chi connectivity index (χ1) is 15.1. The minimum Gasteiger partial charge on any atom is -0.497 e. The van der Waals surface area contributed by atoms with Gasteiger partial charge in [0.15, 0.2) is 5.13 Å². The van der Waals surface area contributed by atoms with Crippen molar-refractivity contribution >= 4 is 28.1 Å². The van der Waals surface area contributed by atoms with Crippen molar-refractivity contribution in [2.75, 3.05) is 25.1 Å². The van der Waals surface area contributed by atoms with Crippen LogP contribution in [0.25, 0.3) is 11.3 Å². The van der Waals surface area contributed by atoms with Crippen molar-refractivity contribution in [1.82, 2.24) is 9.88 Å². The molecule has 0 spiro atoms. The van der Waals surface area contributed by atoms with Crippen molar-refractivity contribution in [2.24, 2.45) is 0 Å². The van der Waals surface area contributed by atoms with E-state index < -0.39 is 0 Å². The largest absolute Gasteiger partial charge is 0.497 e. The maximum absolute atomic E-state index is 13.4. The lowest BCUT2D eigenvalue weighted by molar-refractivity contribution is -0.131. The molecule has 31 heavy (non-hydrogen) atoms. The summed E-state index contributed by atoms with van der Waals surface area (Å²) < 4.78 is 18.6. The number of hydrogen-bond donors (Lipinski definition) is 0. The number of rotatable bonds is 7. The van der Waals surface area contributed by atoms with Gasteiger partial charge in [-0.3, -0.25) is 4.79 Å². The van der Waals surface area contributed by atoms with Gasteiger partial charge < -0.3 is 14.5 Å². The normalized spacial score (nSPS) is 14.5. The number of carbonyl (C=O) groups excluding carboxylic acids is 1. The maximum Gasteiger partial charge on any atom is 0.245 e. The number of likely N-dealkylation sites (tertiary alicyclic amines) is 1. The summed E-state index contributed by atoms with van der Waals surface area (Å²) in [7, 11) is 1.63. The molecule has 0 unspecified atom stereocenters. The Morgan fingerprint density at radius 3 is 2.45 bits per heavy atom. The number of carbonyl (C=O) groups is 1. The van der Waals surface area contributed by atoms with Crippen LogP contribution in [0, 0.1) is 5.82 Å². The van der Waals surface area contributed by atoms with Gasteiger partial charge in [0.05, 0.1) is 12.8 Å². The van der Waals surface area contributed by atoms with Crippen molar-refractivity contribution < 1.29 is 13.9 Å². The second kappa shape index (κ2) is 9.47. The van der Waals surface area contributed by atoms with Gasteiger partial charge >= 0.3 is 0 Å². The van der Waals surface area contributed by atoms with Gasteiger partial charge in [0.1, 0.15) is 17.6 Å². The van der Waals surface area contributed by atoms with Crippen molar-refractivity contribution in [2.45, 2.75) is 32.2 Å². The summed E-state index contributed by atoms with van der Waals surface area (Å²) in [6.45, 7) is 3.65. The lowest BCUT2D eigenvalue weighted by Crippen LogP contribution is -2.45. The number of amides is 1. The highest BCUT2D eigenvalue weighted by Crippen LogP contribution is 2.36. The Morgan fingerprint density at radius 2 is 1.84 bits per heavy atom. The van der Waals surface area contributed by atoms with Crippen molar-refractivity contribution in [3.63, 3.8) is 0 Å². The molecule has 0 radical (unpaired) electrons. The van der Waals surface area contributed by atoms with Crippen LogP contribution in [0.2, 0.25) is 0 Å². The van der Waals surface area contributed by atoms with E-state index in [9.17, 15) is 9.18 Å². The lowest BCUT2D eigenvalue weighted by atomic mass is 10.1. The molecule has 1 atom stereocenters. The van der Waals surface area contributed by atoms with Crippen LogP contribution in [-0.2, 0) is 4.79 Å². The van der Waals surface area contributed by atoms with Gasteiger partial charge in [-0.15, -0.1) is 11.3 Å². The second-order valence-electron chi connectivity index (χ2n) is 7.55. The van der Waals surface area contributed by atoms with Crippen LogP contribution in [0.5, 0.6) is 5.75 Å². The second-order valence-corrected chi connectivity index (χ2v) is 8.38. The monoisotopic (exact) mass is 439 g/mol. The zero-order valence-electron chi connectivity index (χ0n) is 17.8. The molecule has 7 heteroatoms. The zero-order chi connectivity index (χ0) is 21.8. The van der Waals surface area contributed by atoms with E-state index in [1.807, 2.05) is 46.4 Å². The van der Waals surface area contributed by atoms with Gasteiger partial charge in [0.2, 0.25) is 5.91 Å². The first-order valence-corrected chi connectivity index (χ1v) is 11.4. The molecule has 2 heterocycles. The van der Waals surface area contributed by atoms with Gasteiger partial charge in [-0.05, 0) is 67.8 Å². The average molecular weight is 440 g/mol. The average Bonchev–Trinajstić information content (AvgIpc) is 3.50. The van der Waals surface area contributed by atoms with Gasteiger partial charge in [-0.2, -0.15) is 0 Å². The number of thiazole rings is 1. The quantitative estimate of drug-likeness (QED) is 0.488. The number of nitrogens with zero attached hydrogens (tertiary/aromatic N) is 3. The molecule has 0 aliphatic carbocycles. The number of hydrogen-bond acceptors (Lipinski definition) is 5. The summed E-state index contributed by atoms with van der Waals surface area (Å²) in [6.07, 6.45) is 2.76. The standard InChI is InChI=1S/C24H26FN3O2S/c1-3-22(23(29)27-14-4-5-15-27)28(19-10-12-20(30-2)13-11-19)24-26-21(16-31-24)17-6-8-18(25)9-7-17/h6-13,16,22H,3-5,14-15H2,1-2H3/t22-/m0/s1. The first-order valence-electron chi connectivity index (χ1n) is 10.5. The first kappa shape index (κ1) is 21.3. The molecule has 2 aromatic carbocycles. The summed E-state index contributed by atoms with van der Waals surface area (Å²) in [4.78, 5) is 22.2. The van der Waals surface area contributed by atoms with Gasteiger partial charge in [0.25, 0.3) is 0 Å². The van der Waals surface area contributed by atoms with Gasteiger partial charge in [0, 0.05) is 29.7 Å². The highest BCUT2D eigenvalue weighted by atomic mass is 32.1. The molecule has 5 nitrogen and oxygen atoms in total. The molecule has 1 amide bonds.